The molecule has 2 aromatic carbocycles. The fourth-order valence-electron chi connectivity index (χ4n) is 2.44. The molecule has 0 atom stereocenters. The van der Waals surface area contributed by atoms with E-state index in [1.54, 1.807) is 52.7 Å². The maximum absolute atomic E-state index is 12.2. The van der Waals surface area contributed by atoms with E-state index in [9.17, 15) is 4.79 Å². The molecule has 6 nitrogen and oxygen atoms in total. The van der Waals surface area contributed by atoms with E-state index in [2.05, 4.69) is 5.32 Å². The molecule has 0 saturated carbocycles. The number of carbonyl (C=O) groups is 1. The highest BCUT2D eigenvalue weighted by Crippen LogP contribution is 2.38. The third-order valence-electron chi connectivity index (χ3n) is 3.78. The lowest BCUT2D eigenvalue weighted by molar-refractivity contribution is 0.0954. The Hall–Kier alpha value is -2.89. The van der Waals surface area contributed by atoms with Crippen LogP contribution in [0.5, 0.6) is 23.0 Å². The van der Waals surface area contributed by atoms with Crippen LogP contribution in [0.25, 0.3) is 0 Å². The third-order valence-corrected chi connectivity index (χ3v) is 3.78. The fraction of sp³-hybridized carbons (Fsp3) is 0.316. The molecule has 0 saturated heterocycles. The van der Waals surface area contributed by atoms with E-state index in [1.165, 1.54) is 0 Å². The highest BCUT2D eigenvalue weighted by atomic mass is 16.5. The SMILES string of the molecule is COc1ccc(C(=O)NCCc2cc(OC)c(OC)c(OC)c2)cc1. The van der Waals surface area contributed by atoms with E-state index < -0.39 is 0 Å². The summed E-state index contributed by atoms with van der Waals surface area (Å²) in [6.07, 6.45) is 0.638. The number of benzene rings is 2. The first kappa shape index (κ1) is 18.4. The first-order valence-corrected chi connectivity index (χ1v) is 7.84. The van der Waals surface area contributed by atoms with Gasteiger partial charge in [-0.2, -0.15) is 0 Å². The molecule has 134 valence electrons. The van der Waals surface area contributed by atoms with Crippen molar-refractivity contribution in [2.24, 2.45) is 0 Å². The summed E-state index contributed by atoms with van der Waals surface area (Å²) < 4.78 is 21.1. The summed E-state index contributed by atoms with van der Waals surface area (Å²) in [6, 6.07) is 10.7. The molecule has 0 aliphatic rings. The van der Waals surface area contributed by atoms with Crippen LogP contribution in [0.2, 0.25) is 0 Å². The molecule has 2 rings (SSSR count). The zero-order chi connectivity index (χ0) is 18.2. The van der Waals surface area contributed by atoms with Crippen molar-refractivity contribution in [1.29, 1.82) is 0 Å². The number of rotatable bonds is 8. The second-order valence-corrected chi connectivity index (χ2v) is 5.27. The van der Waals surface area contributed by atoms with Crippen LogP contribution in [0.3, 0.4) is 0 Å². The summed E-state index contributed by atoms with van der Waals surface area (Å²) in [5.74, 6) is 2.33. The molecule has 0 spiro atoms. The van der Waals surface area contributed by atoms with Gasteiger partial charge in [-0.05, 0) is 48.4 Å². The minimum atomic E-state index is -0.130. The minimum absolute atomic E-state index is 0.130. The molecule has 1 N–H and O–H groups in total. The first-order chi connectivity index (χ1) is 12.1. The van der Waals surface area contributed by atoms with Gasteiger partial charge in [0.15, 0.2) is 11.5 Å². The van der Waals surface area contributed by atoms with Gasteiger partial charge in [0.05, 0.1) is 28.4 Å². The fourth-order valence-corrected chi connectivity index (χ4v) is 2.44. The van der Waals surface area contributed by atoms with E-state index in [1.807, 2.05) is 12.1 Å². The Kier molecular flexibility index (Phi) is 6.51. The molecule has 0 radical (unpaired) electrons. The molecule has 6 heteroatoms. The van der Waals surface area contributed by atoms with Gasteiger partial charge in [-0.25, -0.2) is 0 Å². The van der Waals surface area contributed by atoms with Gasteiger partial charge in [0.1, 0.15) is 5.75 Å². The zero-order valence-electron chi connectivity index (χ0n) is 14.9. The van der Waals surface area contributed by atoms with E-state index in [0.29, 0.717) is 41.5 Å². The zero-order valence-corrected chi connectivity index (χ0v) is 14.9. The lowest BCUT2D eigenvalue weighted by Gasteiger charge is -2.14. The molecule has 1 amide bonds. The smallest absolute Gasteiger partial charge is 0.251 e. The Morgan fingerprint density at radius 3 is 1.96 bits per heavy atom. The van der Waals surface area contributed by atoms with Gasteiger partial charge in [0, 0.05) is 12.1 Å². The molecule has 0 aliphatic carbocycles. The molecule has 0 aromatic heterocycles. The van der Waals surface area contributed by atoms with Crippen LogP contribution in [0.4, 0.5) is 0 Å². The van der Waals surface area contributed by atoms with Gasteiger partial charge in [0.2, 0.25) is 5.75 Å². The van der Waals surface area contributed by atoms with Crippen molar-refractivity contribution in [1.82, 2.24) is 5.32 Å². The van der Waals surface area contributed by atoms with Crippen molar-refractivity contribution >= 4 is 5.91 Å². The van der Waals surface area contributed by atoms with Crippen LogP contribution < -0.4 is 24.3 Å². The minimum Gasteiger partial charge on any atom is -0.497 e. The Balaban J connectivity index is 1.99. The molecule has 0 bridgehead atoms. The second kappa shape index (κ2) is 8.82. The Morgan fingerprint density at radius 1 is 0.880 bits per heavy atom. The lowest BCUT2D eigenvalue weighted by Crippen LogP contribution is -2.25. The number of ether oxygens (including phenoxy) is 4. The van der Waals surface area contributed by atoms with Crippen LogP contribution >= 0.6 is 0 Å². The molecule has 0 heterocycles. The van der Waals surface area contributed by atoms with Gasteiger partial charge in [-0.1, -0.05) is 0 Å². The highest BCUT2D eigenvalue weighted by Gasteiger charge is 2.13. The van der Waals surface area contributed by atoms with E-state index in [0.717, 1.165) is 5.56 Å². The van der Waals surface area contributed by atoms with Gasteiger partial charge < -0.3 is 24.3 Å². The van der Waals surface area contributed by atoms with Gasteiger partial charge >= 0.3 is 0 Å². The number of nitrogens with one attached hydrogen (secondary N) is 1. The van der Waals surface area contributed by atoms with Crippen LogP contribution in [-0.4, -0.2) is 40.9 Å². The summed E-state index contributed by atoms with van der Waals surface area (Å²) in [7, 11) is 6.31. The Labute approximate surface area is 147 Å². The van der Waals surface area contributed by atoms with Crippen LogP contribution in [0.1, 0.15) is 15.9 Å². The van der Waals surface area contributed by atoms with Gasteiger partial charge in [0.25, 0.3) is 5.91 Å². The molecule has 0 aliphatic heterocycles. The van der Waals surface area contributed by atoms with Crippen molar-refractivity contribution in [3.63, 3.8) is 0 Å². The summed E-state index contributed by atoms with van der Waals surface area (Å²) in [4.78, 5) is 12.2. The maximum atomic E-state index is 12.2. The predicted molar refractivity (Wildman–Crippen MR) is 95.1 cm³/mol. The van der Waals surface area contributed by atoms with Crippen LogP contribution in [0, 0.1) is 0 Å². The van der Waals surface area contributed by atoms with Crippen molar-refractivity contribution in [2.45, 2.75) is 6.42 Å². The molecule has 25 heavy (non-hydrogen) atoms. The average Bonchev–Trinajstić information content (AvgIpc) is 2.66. The first-order valence-electron chi connectivity index (χ1n) is 7.84. The molecule has 0 unspecified atom stereocenters. The van der Waals surface area contributed by atoms with E-state index >= 15 is 0 Å². The Morgan fingerprint density at radius 2 is 1.48 bits per heavy atom. The van der Waals surface area contributed by atoms with Crippen molar-refractivity contribution in [3.05, 3.63) is 47.5 Å². The number of hydrogen-bond donors (Lipinski definition) is 1. The summed E-state index contributed by atoms with van der Waals surface area (Å²) in [6.45, 7) is 0.490. The maximum Gasteiger partial charge on any atom is 0.251 e. The normalized spacial score (nSPS) is 10.1. The van der Waals surface area contributed by atoms with E-state index in [4.69, 9.17) is 18.9 Å². The van der Waals surface area contributed by atoms with Crippen LogP contribution in [-0.2, 0) is 6.42 Å². The van der Waals surface area contributed by atoms with Crippen molar-refractivity contribution in [2.75, 3.05) is 35.0 Å². The average molecular weight is 345 g/mol. The largest absolute Gasteiger partial charge is 0.497 e. The summed E-state index contributed by atoms with van der Waals surface area (Å²) in [5.41, 5.74) is 1.57. The summed E-state index contributed by atoms with van der Waals surface area (Å²) >= 11 is 0. The number of amides is 1. The monoisotopic (exact) mass is 345 g/mol. The highest BCUT2D eigenvalue weighted by molar-refractivity contribution is 5.94. The molecule has 0 fully saturated rings. The molecular weight excluding hydrogens is 322 g/mol. The predicted octanol–water partition coefficient (Wildman–Crippen LogP) is 2.69. The number of methoxy groups -OCH3 is 4. The molecule has 2 aromatic rings. The Bertz CT molecular complexity index is 687. The van der Waals surface area contributed by atoms with Gasteiger partial charge in [-0.15, -0.1) is 0 Å². The third kappa shape index (κ3) is 4.56. The standard InChI is InChI=1S/C19H23NO5/c1-22-15-7-5-14(6-8-15)19(21)20-10-9-13-11-16(23-2)18(25-4)17(12-13)24-3/h5-8,11-12H,9-10H2,1-4H3,(H,20,21). The second-order valence-electron chi connectivity index (χ2n) is 5.27. The van der Waals surface area contributed by atoms with E-state index in [-0.39, 0.29) is 5.91 Å². The van der Waals surface area contributed by atoms with Crippen molar-refractivity contribution in [3.8, 4) is 23.0 Å². The lowest BCUT2D eigenvalue weighted by atomic mass is 10.1. The number of hydrogen-bond acceptors (Lipinski definition) is 5. The van der Waals surface area contributed by atoms with Crippen LogP contribution in [0.15, 0.2) is 36.4 Å². The van der Waals surface area contributed by atoms with Gasteiger partial charge in [-0.3, -0.25) is 4.79 Å². The molecular formula is C19H23NO5. The van der Waals surface area contributed by atoms with Crippen molar-refractivity contribution < 1.29 is 23.7 Å². The number of carbonyl (C=O) groups excluding carboxylic acids is 1. The quantitative estimate of drug-likeness (QED) is 0.797. The summed E-state index contributed by atoms with van der Waals surface area (Å²) in [5, 5.41) is 2.90. The topological polar surface area (TPSA) is 66.0 Å².